The predicted octanol–water partition coefficient (Wildman–Crippen LogP) is 1.58. The van der Waals surface area contributed by atoms with E-state index in [0.717, 1.165) is 26.1 Å². The van der Waals surface area contributed by atoms with E-state index in [1.807, 2.05) is 0 Å². The first-order valence-corrected chi connectivity index (χ1v) is 17.2. The lowest BCUT2D eigenvalue weighted by molar-refractivity contribution is -0.150. The number of thiazole rings is 1. The van der Waals surface area contributed by atoms with Crippen LogP contribution in [0.5, 0.6) is 0 Å². The number of fused-ring (bicyclic) bond motifs is 2. The quantitative estimate of drug-likeness (QED) is 0.102. The van der Waals surface area contributed by atoms with Crippen molar-refractivity contribution in [3.05, 3.63) is 67.9 Å². The van der Waals surface area contributed by atoms with Crippen LogP contribution in [-0.4, -0.2) is 94.3 Å². The Morgan fingerprint density at radius 1 is 1.28 bits per heavy atom. The predicted molar refractivity (Wildman–Crippen MR) is 173 cm³/mol. The van der Waals surface area contributed by atoms with E-state index in [0.29, 0.717) is 22.1 Å². The van der Waals surface area contributed by atoms with Gasteiger partial charge in [0.1, 0.15) is 22.8 Å². The largest absolute Gasteiger partial charge is 0.477 e. The molecule has 0 aliphatic carbocycles. The lowest BCUT2D eigenvalue weighted by Gasteiger charge is -2.49. The Hall–Kier alpha value is -4.70. The first-order valence-electron chi connectivity index (χ1n) is 13.4. The molecule has 0 radical (unpaired) electrons. The van der Waals surface area contributed by atoms with Crippen LogP contribution in [0.15, 0.2) is 67.4 Å². The third-order valence-electron chi connectivity index (χ3n) is 6.78. The minimum Gasteiger partial charge on any atom is -0.477 e. The van der Waals surface area contributed by atoms with E-state index in [-0.39, 0.29) is 40.2 Å². The summed E-state index contributed by atoms with van der Waals surface area (Å²) in [5, 5.41) is 31.3. The molecule has 0 bridgehead atoms. The van der Waals surface area contributed by atoms with Crippen molar-refractivity contribution in [1.29, 1.82) is 0 Å². The number of carbonyl (C=O) groups excluding carboxylic acids is 3. The number of β-lactam (4-membered cyclic amide) rings is 1. The second-order valence-corrected chi connectivity index (χ2v) is 14.0. The summed E-state index contributed by atoms with van der Waals surface area (Å²) in [5.41, 5.74) is 8.95. The maximum Gasteiger partial charge on any atom is 0.427 e. The zero-order chi connectivity index (χ0) is 33.4. The summed E-state index contributed by atoms with van der Waals surface area (Å²) < 4.78 is 0. The number of amides is 3. The monoisotopic (exact) mass is 717 g/mol. The minimum absolute atomic E-state index is 0.0357. The molecule has 17 nitrogen and oxygen atoms in total. The number of nitrogens with zero attached hydrogens (tertiary/aromatic N) is 6. The summed E-state index contributed by atoms with van der Waals surface area (Å²) in [6, 6.07) is 2.43. The van der Waals surface area contributed by atoms with E-state index in [2.05, 4.69) is 26.0 Å². The van der Waals surface area contributed by atoms with Gasteiger partial charge in [-0.3, -0.25) is 14.5 Å². The number of carbonyl (C=O) groups is 5. The van der Waals surface area contributed by atoms with Crippen LogP contribution in [0.4, 0.5) is 9.93 Å². The fraction of sp³-hybridized carbons (Fsp3) is 0.231. The van der Waals surface area contributed by atoms with Crippen LogP contribution in [0.3, 0.4) is 0 Å². The third kappa shape index (κ3) is 6.60. The molecule has 3 amide bonds. The van der Waals surface area contributed by atoms with Crippen molar-refractivity contribution in [3.8, 4) is 0 Å². The highest BCUT2D eigenvalue weighted by atomic mass is 32.2. The number of aliphatic imine (C=N–C) groups is 1. The fourth-order valence-corrected chi connectivity index (χ4v) is 8.50. The number of thioether (sulfide) groups is 2. The lowest BCUT2D eigenvalue weighted by Crippen LogP contribution is -2.71. The zero-order valence-electron chi connectivity index (χ0n) is 24.0. The van der Waals surface area contributed by atoms with Gasteiger partial charge >= 0.3 is 18.0 Å². The first-order chi connectivity index (χ1) is 22.5. The molecule has 2 aromatic heterocycles. The Morgan fingerprint density at radius 2 is 2.09 bits per heavy atom. The van der Waals surface area contributed by atoms with Gasteiger partial charge in [0.2, 0.25) is 0 Å². The summed E-state index contributed by atoms with van der Waals surface area (Å²) in [5.74, 6) is -2.79. The van der Waals surface area contributed by atoms with Crippen LogP contribution in [-0.2, 0) is 30.4 Å². The Morgan fingerprint density at radius 3 is 2.77 bits per heavy atom. The van der Waals surface area contributed by atoms with Crippen LogP contribution in [0.25, 0.3) is 0 Å². The van der Waals surface area contributed by atoms with Crippen LogP contribution in [0.2, 0.25) is 0 Å². The summed E-state index contributed by atoms with van der Waals surface area (Å²) >= 11 is 4.90. The molecule has 1 saturated heterocycles. The van der Waals surface area contributed by atoms with Gasteiger partial charge in [-0.1, -0.05) is 11.2 Å². The molecule has 4 aliphatic rings. The highest BCUT2D eigenvalue weighted by Gasteiger charge is 2.54. The van der Waals surface area contributed by atoms with E-state index in [1.54, 1.807) is 30.5 Å². The van der Waals surface area contributed by atoms with Gasteiger partial charge in [-0.25, -0.2) is 29.4 Å². The second-order valence-electron chi connectivity index (χ2n) is 9.95. The summed E-state index contributed by atoms with van der Waals surface area (Å²) in [4.78, 5) is 78.1. The van der Waals surface area contributed by atoms with Gasteiger partial charge in [0, 0.05) is 27.5 Å². The molecule has 1 fully saturated rings. The minimum atomic E-state index is -1.31. The molecule has 47 heavy (non-hydrogen) atoms. The number of hydrogen-bond acceptors (Lipinski definition) is 16. The normalized spacial score (nSPS) is 20.5. The number of nitrogens with two attached hydrogens (primary N) is 1. The Labute approximate surface area is 281 Å². The average Bonchev–Trinajstić information content (AvgIpc) is 3.80. The number of nitrogens with one attached hydrogen (secondary N) is 2. The van der Waals surface area contributed by atoms with Crippen molar-refractivity contribution in [2.45, 2.75) is 24.8 Å². The van der Waals surface area contributed by atoms with Gasteiger partial charge < -0.3 is 26.1 Å². The number of hydrogen-bond donors (Lipinski definition) is 5. The van der Waals surface area contributed by atoms with Crippen LogP contribution < -0.4 is 16.6 Å². The van der Waals surface area contributed by atoms with E-state index >= 15 is 0 Å². The summed E-state index contributed by atoms with van der Waals surface area (Å²) in [7, 11) is 0. The molecule has 21 heteroatoms. The molecule has 6 heterocycles. The maximum atomic E-state index is 13.4. The highest BCUT2D eigenvalue weighted by molar-refractivity contribution is 8.03. The topological polar surface area (TPSA) is 232 Å². The number of allylic oxidation sites excluding steroid dienone is 1. The van der Waals surface area contributed by atoms with Crippen LogP contribution >= 0.6 is 46.2 Å². The molecule has 6 N–H and O–H groups in total. The summed E-state index contributed by atoms with van der Waals surface area (Å²) in [6.45, 7) is 1.74. The van der Waals surface area contributed by atoms with Crippen molar-refractivity contribution in [1.82, 2.24) is 30.8 Å². The number of hydrazine groups is 2. The molecule has 244 valence electrons. The Balaban J connectivity index is 1.15. The van der Waals surface area contributed by atoms with Crippen LogP contribution in [0.1, 0.15) is 17.5 Å². The molecule has 2 atom stereocenters. The Bertz CT molecular complexity index is 1830. The Kier molecular flexibility index (Phi) is 9.05. The molecule has 2 aromatic rings. The number of rotatable bonds is 10. The average molecular weight is 718 g/mol. The van der Waals surface area contributed by atoms with Gasteiger partial charge in [-0.15, -0.1) is 51.7 Å². The number of oxime groups is 1. The number of anilines is 1. The number of thiophene rings is 1. The summed E-state index contributed by atoms with van der Waals surface area (Å²) in [6.07, 6.45) is 1.73. The number of nitrogen functional groups attached to an aromatic ring is 1. The highest BCUT2D eigenvalue weighted by Crippen LogP contribution is 2.42. The van der Waals surface area contributed by atoms with E-state index < -0.39 is 41.3 Å². The van der Waals surface area contributed by atoms with Crippen molar-refractivity contribution < 1.29 is 39.0 Å². The number of carboxylic acid groups (broad SMARTS) is 2. The molecule has 0 aromatic carbocycles. The van der Waals surface area contributed by atoms with Gasteiger partial charge in [-0.05, 0) is 30.0 Å². The molecular weight excluding hydrogens is 695 g/mol. The fourth-order valence-electron chi connectivity index (χ4n) is 4.71. The van der Waals surface area contributed by atoms with Gasteiger partial charge in [-0.2, -0.15) is 5.01 Å². The van der Waals surface area contributed by atoms with Crippen molar-refractivity contribution in [2.24, 2.45) is 10.1 Å². The van der Waals surface area contributed by atoms with Crippen LogP contribution in [0, 0.1) is 0 Å². The number of carboxylic acids is 1. The third-order valence-corrected chi connectivity index (χ3v) is 10.8. The van der Waals surface area contributed by atoms with Crippen molar-refractivity contribution in [3.63, 3.8) is 0 Å². The van der Waals surface area contributed by atoms with Gasteiger partial charge in [0.05, 0.1) is 17.6 Å². The van der Waals surface area contributed by atoms with E-state index in [9.17, 15) is 34.2 Å². The zero-order valence-corrected chi connectivity index (χ0v) is 27.2. The number of aliphatic carboxylic acids is 1. The molecular formula is C26H23N9O8S4. The standard InChI is InChI=1S/C26H23N9O8S4/c1-11-5-16(35-15(28-11)7-33(32-35)26(41)42)45-8-12-9-46-23-19(22(38)34(23)20(12)24(39)40)30-21(37)18(14-10-47-25(27)29-14)31-43-17(36)6-13-3-2-4-44-13/h2-5,7,10,19,23,32H,6,8-9H2,1H3,(H2,27,29)(H,30,37)(H,39,40)(H,41,42)/t19-,23-/m1/s1. The SMILES string of the molecule is CC1=NC2=CN(C(=O)O)NN2C(SCC2=C(C(=O)O)N3C(=O)[C@@H](NC(=O)C(=NOC(=O)Cc4cccs4)c4csc(N)n4)[C@H]3SC2)=C1. The van der Waals surface area contributed by atoms with Crippen molar-refractivity contribution >= 4 is 92.6 Å². The number of aromatic nitrogens is 1. The lowest BCUT2D eigenvalue weighted by atomic mass is 10.0. The second kappa shape index (κ2) is 13.2. The molecule has 0 unspecified atom stereocenters. The maximum absolute atomic E-state index is 13.4. The molecule has 4 aliphatic heterocycles. The smallest absolute Gasteiger partial charge is 0.427 e. The molecule has 0 spiro atoms. The first kappa shape index (κ1) is 32.2. The van der Waals surface area contributed by atoms with Crippen molar-refractivity contribution in [2.75, 3.05) is 17.2 Å². The van der Waals surface area contributed by atoms with E-state index in [4.69, 9.17) is 10.6 Å². The van der Waals surface area contributed by atoms with Gasteiger partial charge in [0.25, 0.3) is 11.8 Å². The van der Waals surface area contributed by atoms with E-state index in [1.165, 1.54) is 51.4 Å². The molecule has 0 saturated carbocycles. The van der Waals surface area contributed by atoms with Gasteiger partial charge in [0.15, 0.2) is 16.7 Å². The molecule has 6 rings (SSSR count).